The highest BCUT2D eigenvalue weighted by Gasteiger charge is 2.13. The normalized spacial score (nSPS) is 17.9. The molecule has 0 bridgehead atoms. The first-order valence-corrected chi connectivity index (χ1v) is 6.88. The molecule has 6 nitrogen and oxygen atoms in total. The van der Waals surface area contributed by atoms with E-state index in [0.29, 0.717) is 12.6 Å². The lowest BCUT2D eigenvalue weighted by Crippen LogP contribution is -2.31. The number of rotatable bonds is 6. The van der Waals surface area contributed by atoms with Crippen LogP contribution in [0.25, 0.3) is 0 Å². The van der Waals surface area contributed by atoms with Crippen molar-refractivity contribution in [1.29, 1.82) is 0 Å². The lowest BCUT2D eigenvalue weighted by Gasteiger charge is -2.10. The zero-order valence-electron chi connectivity index (χ0n) is 11.3. The highest BCUT2D eigenvalue weighted by Crippen LogP contribution is 2.12. The third kappa shape index (κ3) is 4.31. The van der Waals surface area contributed by atoms with E-state index in [0.717, 1.165) is 18.5 Å². The van der Waals surface area contributed by atoms with Crippen molar-refractivity contribution in [3.63, 3.8) is 0 Å². The van der Waals surface area contributed by atoms with Gasteiger partial charge in [0.15, 0.2) is 0 Å². The van der Waals surface area contributed by atoms with Gasteiger partial charge in [-0.2, -0.15) is 0 Å². The molecule has 1 amide bonds. The van der Waals surface area contributed by atoms with Gasteiger partial charge in [-0.05, 0) is 31.4 Å². The maximum absolute atomic E-state index is 11.7. The van der Waals surface area contributed by atoms with Gasteiger partial charge in [-0.15, -0.1) is 0 Å². The lowest BCUT2D eigenvalue weighted by atomic mass is 10.1. The van der Waals surface area contributed by atoms with E-state index < -0.39 is 4.92 Å². The summed E-state index contributed by atoms with van der Waals surface area (Å²) in [5, 5.41) is 16.8. The van der Waals surface area contributed by atoms with Crippen molar-refractivity contribution in [1.82, 2.24) is 10.6 Å². The average Bonchev–Trinajstić information content (AvgIpc) is 2.92. The van der Waals surface area contributed by atoms with Crippen molar-refractivity contribution in [3.05, 3.63) is 39.9 Å². The number of nitro groups is 1. The van der Waals surface area contributed by atoms with Gasteiger partial charge >= 0.3 is 0 Å². The lowest BCUT2D eigenvalue weighted by molar-refractivity contribution is -0.384. The van der Waals surface area contributed by atoms with Crippen LogP contribution in [-0.2, 0) is 11.2 Å². The Labute approximate surface area is 117 Å². The average molecular weight is 277 g/mol. The number of nitrogens with zero attached hydrogens (tertiary/aromatic N) is 1. The second kappa shape index (κ2) is 7.00. The Bertz CT molecular complexity index is 467. The van der Waals surface area contributed by atoms with Gasteiger partial charge in [0, 0.05) is 24.7 Å². The van der Waals surface area contributed by atoms with E-state index in [4.69, 9.17) is 0 Å². The summed E-state index contributed by atoms with van der Waals surface area (Å²) in [4.78, 5) is 21.8. The highest BCUT2D eigenvalue weighted by molar-refractivity contribution is 5.78. The fourth-order valence-corrected chi connectivity index (χ4v) is 2.37. The van der Waals surface area contributed by atoms with E-state index in [9.17, 15) is 14.9 Å². The van der Waals surface area contributed by atoms with Gasteiger partial charge in [-0.3, -0.25) is 14.9 Å². The maximum atomic E-state index is 11.7. The molecule has 1 aromatic rings. The molecule has 1 unspecified atom stereocenters. The van der Waals surface area contributed by atoms with E-state index in [1.54, 1.807) is 12.1 Å². The standard InChI is InChI=1S/C14H19N3O3/c18-14(16-9-7-12-2-1-8-15-12)10-11-3-5-13(6-4-11)17(19)20/h3-6,12,15H,1-2,7-10H2,(H,16,18). The predicted molar refractivity (Wildman–Crippen MR) is 75.5 cm³/mol. The Morgan fingerprint density at radius 3 is 2.75 bits per heavy atom. The molecule has 0 radical (unpaired) electrons. The number of carbonyl (C=O) groups excluding carboxylic acids is 1. The number of hydrogen-bond acceptors (Lipinski definition) is 4. The number of benzene rings is 1. The van der Waals surface area contributed by atoms with E-state index in [1.165, 1.54) is 25.0 Å². The largest absolute Gasteiger partial charge is 0.356 e. The third-order valence-corrected chi connectivity index (χ3v) is 3.49. The number of nitrogens with one attached hydrogen (secondary N) is 2. The molecule has 0 aliphatic carbocycles. The molecule has 1 saturated heterocycles. The Morgan fingerprint density at radius 1 is 1.40 bits per heavy atom. The van der Waals surface area contributed by atoms with Gasteiger partial charge in [-0.1, -0.05) is 12.1 Å². The van der Waals surface area contributed by atoms with Gasteiger partial charge < -0.3 is 10.6 Å². The summed E-state index contributed by atoms with van der Waals surface area (Å²) in [5.74, 6) is -0.0446. The maximum Gasteiger partial charge on any atom is 0.269 e. The number of nitro benzene ring substituents is 1. The van der Waals surface area contributed by atoms with Gasteiger partial charge in [0.25, 0.3) is 5.69 Å². The number of hydrogen-bond donors (Lipinski definition) is 2. The predicted octanol–water partition coefficient (Wildman–Crippen LogP) is 1.40. The summed E-state index contributed by atoms with van der Waals surface area (Å²) < 4.78 is 0. The molecular formula is C14H19N3O3. The smallest absolute Gasteiger partial charge is 0.269 e. The SMILES string of the molecule is O=C(Cc1ccc([N+](=O)[O-])cc1)NCCC1CCCN1. The molecule has 0 aromatic heterocycles. The molecule has 1 heterocycles. The monoisotopic (exact) mass is 277 g/mol. The Hall–Kier alpha value is -1.95. The van der Waals surface area contributed by atoms with Crippen LogP contribution in [0.3, 0.4) is 0 Å². The molecule has 2 rings (SSSR count). The molecule has 1 aliphatic rings. The van der Waals surface area contributed by atoms with Crippen LogP contribution in [0.1, 0.15) is 24.8 Å². The van der Waals surface area contributed by atoms with Crippen LogP contribution < -0.4 is 10.6 Å². The van der Waals surface area contributed by atoms with Gasteiger partial charge in [0.1, 0.15) is 0 Å². The topological polar surface area (TPSA) is 84.3 Å². The van der Waals surface area contributed by atoms with Gasteiger partial charge in [0.05, 0.1) is 11.3 Å². The Kier molecular flexibility index (Phi) is 5.06. The van der Waals surface area contributed by atoms with Crippen molar-refractivity contribution in [2.24, 2.45) is 0 Å². The van der Waals surface area contributed by atoms with E-state index in [-0.39, 0.29) is 18.0 Å². The molecule has 1 fully saturated rings. The fourth-order valence-electron chi connectivity index (χ4n) is 2.37. The molecule has 0 spiro atoms. The molecule has 1 aromatic carbocycles. The Balaban J connectivity index is 1.71. The highest BCUT2D eigenvalue weighted by atomic mass is 16.6. The summed E-state index contributed by atoms with van der Waals surface area (Å²) in [6, 6.07) is 6.61. The van der Waals surface area contributed by atoms with Crippen molar-refractivity contribution < 1.29 is 9.72 Å². The summed E-state index contributed by atoms with van der Waals surface area (Å²) in [5.41, 5.74) is 0.827. The molecular weight excluding hydrogens is 258 g/mol. The first-order chi connectivity index (χ1) is 9.65. The van der Waals surface area contributed by atoms with Crippen molar-refractivity contribution >= 4 is 11.6 Å². The van der Waals surface area contributed by atoms with E-state index >= 15 is 0 Å². The molecule has 108 valence electrons. The minimum atomic E-state index is -0.446. The van der Waals surface area contributed by atoms with E-state index in [2.05, 4.69) is 10.6 Å². The molecule has 1 atom stereocenters. The van der Waals surface area contributed by atoms with Crippen molar-refractivity contribution in [3.8, 4) is 0 Å². The van der Waals surface area contributed by atoms with Crippen molar-refractivity contribution in [2.45, 2.75) is 31.7 Å². The Morgan fingerprint density at radius 2 is 2.15 bits per heavy atom. The van der Waals surface area contributed by atoms with Crippen LogP contribution in [0.15, 0.2) is 24.3 Å². The van der Waals surface area contributed by atoms with Crippen LogP contribution in [0, 0.1) is 10.1 Å². The molecule has 1 aliphatic heterocycles. The van der Waals surface area contributed by atoms with Crippen LogP contribution in [0.4, 0.5) is 5.69 Å². The minimum Gasteiger partial charge on any atom is -0.356 e. The van der Waals surface area contributed by atoms with Crippen LogP contribution in [-0.4, -0.2) is 30.0 Å². The number of non-ortho nitro benzene ring substituents is 1. The van der Waals surface area contributed by atoms with Crippen LogP contribution >= 0.6 is 0 Å². The van der Waals surface area contributed by atoms with Crippen LogP contribution in [0.5, 0.6) is 0 Å². The molecule has 6 heteroatoms. The zero-order chi connectivity index (χ0) is 14.4. The third-order valence-electron chi connectivity index (χ3n) is 3.49. The molecule has 2 N–H and O–H groups in total. The summed E-state index contributed by atoms with van der Waals surface area (Å²) in [7, 11) is 0. The van der Waals surface area contributed by atoms with Crippen molar-refractivity contribution in [2.75, 3.05) is 13.1 Å². The van der Waals surface area contributed by atoms with Crippen LogP contribution in [0.2, 0.25) is 0 Å². The first kappa shape index (κ1) is 14.5. The summed E-state index contributed by atoms with van der Waals surface area (Å²) in [6.07, 6.45) is 3.60. The number of amides is 1. The fraction of sp³-hybridized carbons (Fsp3) is 0.500. The first-order valence-electron chi connectivity index (χ1n) is 6.88. The van der Waals surface area contributed by atoms with E-state index in [1.807, 2.05) is 0 Å². The second-order valence-corrected chi connectivity index (χ2v) is 5.03. The second-order valence-electron chi connectivity index (χ2n) is 5.03. The minimum absolute atomic E-state index is 0.0430. The summed E-state index contributed by atoms with van der Waals surface area (Å²) in [6.45, 7) is 1.74. The van der Waals surface area contributed by atoms with Gasteiger partial charge in [0.2, 0.25) is 5.91 Å². The number of carbonyl (C=O) groups is 1. The zero-order valence-corrected chi connectivity index (χ0v) is 11.3. The van der Waals surface area contributed by atoms with Gasteiger partial charge in [-0.25, -0.2) is 0 Å². The molecule has 0 saturated carbocycles. The quantitative estimate of drug-likeness (QED) is 0.608. The summed E-state index contributed by atoms with van der Waals surface area (Å²) >= 11 is 0. The molecule has 20 heavy (non-hydrogen) atoms.